The highest BCUT2D eigenvalue weighted by Crippen LogP contribution is 2.19. The summed E-state index contributed by atoms with van der Waals surface area (Å²) in [6, 6.07) is 20.2. The fraction of sp³-hybridized carbons (Fsp3) is 0.263. The highest BCUT2D eigenvalue weighted by molar-refractivity contribution is 5.87. The van der Waals surface area contributed by atoms with Crippen molar-refractivity contribution in [3.05, 3.63) is 71.8 Å². The Hall–Kier alpha value is -2.62. The molecular weight excluding hydrogens is 288 g/mol. The molecule has 1 amide bonds. The summed E-state index contributed by atoms with van der Waals surface area (Å²) in [7, 11) is 0. The molecule has 23 heavy (non-hydrogen) atoms. The highest BCUT2D eigenvalue weighted by Gasteiger charge is 2.29. The number of hydrogen-bond donors (Lipinski definition) is 1. The molecule has 0 radical (unpaired) electrons. The number of carbonyl (C=O) groups is 1. The van der Waals surface area contributed by atoms with Crippen LogP contribution in [0.3, 0.4) is 0 Å². The van der Waals surface area contributed by atoms with E-state index in [-0.39, 0.29) is 12.1 Å². The first-order valence-corrected chi connectivity index (χ1v) is 7.84. The second-order valence-corrected chi connectivity index (χ2v) is 5.75. The summed E-state index contributed by atoms with van der Waals surface area (Å²) in [6.45, 7) is 0. The first-order valence-electron chi connectivity index (χ1n) is 7.84. The minimum atomic E-state index is -0.112. The van der Waals surface area contributed by atoms with E-state index in [2.05, 4.69) is 34.7 Å². The van der Waals surface area contributed by atoms with Crippen LogP contribution in [0.15, 0.2) is 65.8 Å². The van der Waals surface area contributed by atoms with Crippen molar-refractivity contribution in [3.63, 3.8) is 0 Å². The number of nitrogens with one attached hydrogen (secondary N) is 1. The quantitative estimate of drug-likeness (QED) is 0.800. The third kappa shape index (κ3) is 4.19. The summed E-state index contributed by atoms with van der Waals surface area (Å²) in [5.41, 5.74) is 3.41. The van der Waals surface area contributed by atoms with Crippen LogP contribution in [0.4, 0.5) is 0 Å². The van der Waals surface area contributed by atoms with E-state index in [0.29, 0.717) is 0 Å². The first-order chi connectivity index (χ1) is 11.3. The summed E-state index contributed by atoms with van der Waals surface area (Å²) < 4.78 is 0. The van der Waals surface area contributed by atoms with E-state index < -0.39 is 0 Å². The number of rotatable bonds is 7. The number of hydrogen-bond acceptors (Lipinski definition) is 3. The van der Waals surface area contributed by atoms with E-state index in [4.69, 9.17) is 4.84 Å². The van der Waals surface area contributed by atoms with Gasteiger partial charge in [-0.25, -0.2) is 0 Å². The van der Waals surface area contributed by atoms with Crippen molar-refractivity contribution in [2.45, 2.75) is 31.4 Å². The average molecular weight is 308 g/mol. The van der Waals surface area contributed by atoms with Crippen LogP contribution in [0.1, 0.15) is 17.5 Å². The zero-order chi connectivity index (χ0) is 15.9. The van der Waals surface area contributed by atoms with Crippen molar-refractivity contribution in [2.75, 3.05) is 0 Å². The zero-order valence-electron chi connectivity index (χ0n) is 12.9. The zero-order valence-corrected chi connectivity index (χ0v) is 12.9. The summed E-state index contributed by atoms with van der Waals surface area (Å²) in [5.74, 6) is 0. The summed E-state index contributed by atoms with van der Waals surface area (Å²) in [4.78, 5) is 16.5. The van der Waals surface area contributed by atoms with Gasteiger partial charge in [0, 0.05) is 12.8 Å². The molecule has 0 fully saturated rings. The minimum absolute atomic E-state index is 0.0769. The molecule has 1 heterocycles. The molecule has 4 nitrogen and oxygen atoms in total. The van der Waals surface area contributed by atoms with Crippen LogP contribution in [0, 0.1) is 0 Å². The van der Waals surface area contributed by atoms with Gasteiger partial charge in [0.15, 0.2) is 6.10 Å². The van der Waals surface area contributed by atoms with Gasteiger partial charge in [0.25, 0.3) is 0 Å². The number of amides is 1. The number of oxime groups is 1. The molecule has 2 atom stereocenters. The number of nitrogens with zero attached hydrogens (tertiary/aromatic N) is 1. The van der Waals surface area contributed by atoms with Gasteiger partial charge < -0.3 is 10.2 Å². The van der Waals surface area contributed by atoms with Crippen LogP contribution >= 0.6 is 0 Å². The molecule has 0 aromatic heterocycles. The fourth-order valence-electron chi connectivity index (χ4n) is 2.85. The van der Waals surface area contributed by atoms with Crippen molar-refractivity contribution < 1.29 is 9.63 Å². The minimum Gasteiger partial charge on any atom is -0.390 e. The van der Waals surface area contributed by atoms with Gasteiger partial charge >= 0.3 is 0 Å². The van der Waals surface area contributed by atoms with Gasteiger partial charge in [-0.15, -0.1) is 0 Å². The summed E-state index contributed by atoms with van der Waals surface area (Å²) in [6.07, 6.45) is 2.90. The maximum atomic E-state index is 10.9. The molecule has 0 spiro atoms. The topological polar surface area (TPSA) is 50.7 Å². The lowest BCUT2D eigenvalue weighted by Gasteiger charge is -2.21. The first kappa shape index (κ1) is 15.3. The SMILES string of the molecule is O=CNC(Cc1ccccc1)C1CC(Cc2ccccc2)=NO1. The summed E-state index contributed by atoms with van der Waals surface area (Å²) in [5, 5.41) is 7.10. The number of benzene rings is 2. The molecule has 1 aliphatic rings. The lowest BCUT2D eigenvalue weighted by atomic mass is 9.96. The van der Waals surface area contributed by atoms with Crippen molar-refractivity contribution in [2.24, 2.45) is 5.16 Å². The second-order valence-electron chi connectivity index (χ2n) is 5.75. The summed E-state index contributed by atoms with van der Waals surface area (Å²) >= 11 is 0. The van der Waals surface area contributed by atoms with Crippen LogP contribution in [0.25, 0.3) is 0 Å². The maximum absolute atomic E-state index is 10.9. The van der Waals surface area contributed by atoms with Gasteiger partial charge in [0.05, 0.1) is 11.8 Å². The lowest BCUT2D eigenvalue weighted by Crippen LogP contribution is -2.41. The molecule has 1 N–H and O–H groups in total. The Labute approximate surface area is 136 Å². The highest BCUT2D eigenvalue weighted by atomic mass is 16.6. The maximum Gasteiger partial charge on any atom is 0.207 e. The largest absolute Gasteiger partial charge is 0.390 e. The van der Waals surface area contributed by atoms with Gasteiger partial charge in [-0.05, 0) is 17.5 Å². The lowest BCUT2D eigenvalue weighted by molar-refractivity contribution is -0.111. The predicted octanol–water partition coefficient (Wildman–Crippen LogP) is 2.73. The van der Waals surface area contributed by atoms with Gasteiger partial charge in [0.1, 0.15) is 0 Å². The Kier molecular flexibility index (Phi) is 5.04. The third-order valence-corrected chi connectivity index (χ3v) is 4.03. The molecule has 2 aromatic carbocycles. The standard InChI is InChI=1S/C19H20N2O2/c22-14-20-18(12-16-9-5-2-6-10-16)19-13-17(21-23-19)11-15-7-3-1-4-8-15/h1-10,14,18-19H,11-13H2,(H,20,22). The Morgan fingerprint density at radius 3 is 2.39 bits per heavy atom. The van der Waals surface area contributed by atoms with Gasteiger partial charge in [-0.2, -0.15) is 0 Å². The Balaban J connectivity index is 1.60. The average Bonchev–Trinajstić information content (AvgIpc) is 3.05. The second kappa shape index (κ2) is 7.58. The number of carbonyl (C=O) groups excluding carboxylic acids is 1. The molecule has 2 unspecified atom stereocenters. The van der Waals surface area contributed by atoms with Crippen LogP contribution in [0.2, 0.25) is 0 Å². The predicted molar refractivity (Wildman–Crippen MR) is 90.2 cm³/mol. The Bertz CT molecular complexity index is 656. The van der Waals surface area contributed by atoms with Crippen LogP contribution < -0.4 is 5.32 Å². The molecule has 4 heteroatoms. The molecule has 2 aromatic rings. The molecule has 118 valence electrons. The molecule has 0 bridgehead atoms. The van der Waals surface area contributed by atoms with Crippen LogP contribution in [-0.2, 0) is 22.5 Å². The van der Waals surface area contributed by atoms with Crippen molar-refractivity contribution in [1.29, 1.82) is 0 Å². The van der Waals surface area contributed by atoms with Gasteiger partial charge in [-0.1, -0.05) is 65.8 Å². The van der Waals surface area contributed by atoms with E-state index in [1.165, 1.54) is 11.1 Å². The van der Waals surface area contributed by atoms with E-state index >= 15 is 0 Å². The van der Waals surface area contributed by atoms with E-state index in [0.717, 1.165) is 31.4 Å². The normalized spacial score (nSPS) is 17.9. The van der Waals surface area contributed by atoms with Crippen LogP contribution in [0.5, 0.6) is 0 Å². The van der Waals surface area contributed by atoms with Crippen molar-refractivity contribution in [3.8, 4) is 0 Å². The Morgan fingerprint density at radius 1 is 1.09 bits per heavy atom. The molecule has 0 saturated carbocycles. The molecule has 0 aliphatic carbocycles. The monoisotopic (exact) mass is 308 g/mol. The molecule has 1 aliphatic heterocycles. The smallest absolute Gasteiger partial charge is 0.207 e. The molecule has 3 rings (SSSR count). The third-order valence-electron chi connectivity index (χ3n) is 4.03. The van der Waals surface area contributed by atoms with E-state index in [1.807, 2.05) is 36.4 Å². The van der Waals surface area contributed by atoms with Gasteiger partial charge in [0.2, 0.25) is 6.41 Å². The van der Waals surface area contributed by atoms with E-state index in [1.54, 1.807) is 0 Å². The van der Waals surface area contributed by atoms with Gasteiger partial charge in [-0.3, -0.25) is 4.79 Å². The molecule has 0 saturated heterocycles. The fourth-order valence-corrected chi connectivity index (χ4v) is 2.85. The molecular formula is C19H20N2O2. The van der Waals surface area contributed by atoms with E-state index in [9.17, 15) is 4.79 Å². The van der Waals surface area contributed by atoms with Crippen molar-refractivity contribution >= 4 is 12.1 Å². The Morgan fingerprint density at radius 2 is 1.74 bits per heavy atom. The van der Waals surface area contributed by atoms with Crippen LogP contribution in [-0.4, -0.2) is 24.3 Å². The van der Waals surface area contributed by atoms with Crippen molar-refractivity contribution in [1.82, 2.24) is 5.32 Å².